The number of nitrogens with one attached hydrogen (secondary N) is 2. The molecule has 5 heteroatoms. The molecule has 0 unspecified atom stereocenters. The van der Waals surface area contributed by atoms with Crippen molar-refractivity contribution in [3.05, 3.63) is 30.6 Å². The van der Waals surface area contributed by atoms with Crippen molar-refractivity contribution in [2.24, 2.45) is 5.92 Å². The van der Waals surface area contributed by atoms with E-state index in [1.807, 2.05) is 38.1 Å². The van der Waals surface area contributed by atoms with Gasteiger partial charge in [-0.1, -0.05) is 13.8 Å². The Labute approximate surface area is 112 Å². The number of carbonyl (C=O) groups excluding carboxylic acids is 1. The SMILES string of the molecule is CCC(CC)C(=O)Nc1ccc(-c2ncn[nH]2)cc1. The smallest absolute Gasteiger partial charge is 0.227 e. The number of aromatic nitrogens is 3. The van der Waals surface area contributed by atoms with Gasteiger partial charge in [-0.2, -0.15) is 5.10 Å². The summed E-state index contributed by atoms with van der Waals surface area (Å²) >= 11 is 0. The van der Waals surface area contributed by atoms with E-state index in [1.54, 1.807) is 0 Å². The van der Waals surface area contributed by atoms with E-state index < -0.39 is 0 Å². The molecule has 2 N–H and O–H groups in total. The molecule has 1 amide bonds. The van der Waals surface area contributed by atoms with Gasteiger partial charge >= 0.3 is 0 Å². The van der Waals surface area contributed by atoms with E-state index in [9.17, 15) is 4.79 Å². The Morgan fingerprint density at radius 2 is 1.95 bits per heavy atom. The number of amides is 1. The monoisotopic (exact) mass is 258 g/mol. The van der Waals surface area contributed by atoms with Crippen LogP contribution in [0.25, 0.3) is 11.4 Å². The predicted octanol–water partition coefficient (Wildman–Crippen LogP) is 2.85. The quantitative estimate of drug-likeness (QED) is 0.866. The number of hydrogen-bond acceptors (Lipinski definition) is 3. The van der Waals surface area contributed by atoms with E-state index in [0.717, 1.165) is 29.9 Å². The summed E-state index contributed by atoms with van der Waals surface area (Å²) in [6.45, 7) is 4.06. The first-order valence-corrected chi connectivity index (χ1v) is 6.51. The van der Waals surface area contributed by atoms with Crippen molar-refractivity contribution in [3.8, 4) is 11.4 Å². The van der Waals surface area contributed by atoms with Crippen LogP contribution in [0.5, 0.6) is 0 Å². The van der Waals surface area contributed by atoms with Crippen LogP contribution in [-0.2, 0) is 4.79 Å². The summed E-state index contributed by atoms with van der Waals surface area (Å²) < 4.78 is 0. The van der Waals surface area contributed by atoms with Gasteiger partial charge in [0.15, 0.2) is 5.82 Å². The molecule has 0 fully saturated rings. The summed E-state index contributed by atoms with van der Waals surface area (Å²) in [6.07, 6.45) is 3.19. The third-order valence-electron chi connectivity index (χ3n) is 3.20. The van der Waals surface area contributed by atoms with Crippen LogP contribution in [0.1, 0.15) is 26.7 Å². The zero-order chi connectivity index (χ0) is 13.7. The highest BCUT2D eigenvalue weighted by molar-refractivity contribution is 5.92. The van der Waals surface area contributed by atoms with E-state index in [-0.39, 0.29) is 11.8 Å². The lowest BCUT2D eigenvalue weighted by Crippen LogP contribution is -2.21. The first kappa shape index (κ1) is 13.3. The summed E-state index contributed by atoms with van der Waals surface area (Å²) in [5.41, 5.74) is 1.75. The van der Waals surface area contributed by atoms with Gasteiger partial charge < -0.3 is 5.32 Å². The number of aromatic amines is 1. The van der Waals surface area contributed by atoms with Crippen molar-refractivity contribution in [2.45, 2.75) is 26.7 Å². The molecule has 100 valence electrons. The lowest BCUT2D eigenvalue weighted by atomic mass is 10.0. The maximum Gasteiger partial charge on any atom is 0.227 e. The zero-order valence-electron chi connectivity index (χ0n) is 11.2. The minimum atomic E-state index is 0.0777. The molecule has 5 nitrogen and oxygen atoms in total. The van der Waals surface area contributed by atoms with Crippen LogP contribution in [0, 0.1) is 5.92 Å². The highest BCUT2D eigenvalue weighted by Gasteiger charge is 2.13. The van der Waals surface area contributed by atoms with Gasteiger partial charge in [0.05, 0.1) is 0 Å². The molecule has 1 aromatic heterocycles. The Bertz CT molecular complexity index is 515. The standard InChI is InChI=1S/C14H18N4O/c1-3-10(4-2)14(19)17-12-7-5-11(6-8-12)13-15-9-16-18-13/h5-10H,3-4H2,1-2H3,(H,17,19)(H,15,16,18). The van der Waals surface area contributed by atoms with E-state index in [2.05, 4.69) is 20.5 Å². The number of anilines is 1. The number of rotatable bonds is 5. The van der Waals surface area contributed by atoms with Crippen LogP contribution in [0.3, 0.4) is 0 Å². The van der Waals surface area contributed by atoms with Gasteiger partial charge in [0.1, 0.15) is 6.33 Å². The van der Waals surface area contributed by atoms with Crippen LogP contribution in [0.15, 0.2) is 30.6 Å². The van der Waals surface area contributed by atoms with Crippen LogP contribution in [0.4, 0.5) is 5.69 Å². The summed E-state index contributed by atoms with van der Waals surface area (Å²) in [4.78, 5) is 16.0. The molecule has 0 aliphatic heterocycles. The van der Waals surface area contributed by atoms with Gasteiger partial charge in [-0.3, -0.25) is 9.89 Å². The molecule has 1 aromatic carbocycles. The third kappa shape index (κ3) is 3.19. The second-order valence-corrected chi connectivity index (χ2v) is 4.41. The van der Waals surface area contributed by atoms with Crippen LogP contribution in [0.2, 0.25) is 0 Å². The van der Waals surface area contributed by atoms with E-state index in [1.165, 1.54) is 6.33 Å². The molecule has 2 aromatic rings. The van der Waals surface area contributed by atoms with E-state index in [4.69, 9.17) is 0 Å². The Kier molecular flexibility index (Phi) is 4.28. The molecule has 1 heterocycles. The first-order chi connectivity index (χ1) is 9.24. The van der Waals surface area contributed by atoms with Crippen LogP contribution in [-0.4, -0.2) is 21.1 Å². The zero-order valence-corrected chi connectivity index (χ0v) is 11.2. The van der Waals surface area contributed by atoms with Gasteiger partial charge in [0.2, 0.25) is 5.91 Å². The number of nitrogens with zero attached hydrogens (tertiary/aromatic N) is 2. The summed E-state index contributed by atoms with van der Waals surface area (Å²) in [5, 5.41) is 9.54. The topological polar surface area (TPSA) is 70.7 Å². The number of hydrogen-bond donors (Lipinski definition) is 2. The molecule has 0 aliphatic carbocycles. The van der Waals surface area contributed by atoms with Gasteiger partial charge in [0.25, 0.3) is 0 Å². The van der Waals surface area contributed by atoms with Crippen molar-refractivity contribution < 1.29 is 4.79 Å². The molecule has 0 radical (unpaired) electrons. The predicted molar refractivity (Wildman–Crippen MR) is 74.5 cm³/mol. The highest BCUT2D eigenvalue weighted by Crippen LogP contribution is 2.18. The maximum absolute atomic E-state index is 11.9. The fraction of sp³-hybridized carbons (Fsp3) is 0.357. The minimum absolute atomic E-state index is 0.0777. The van der Waals surface area contributed by atoms with Crippen LogP contribution < -0.4 is 5.32 Å². The van der Waals surface area contributed by atoms with Crippen molar-refractivity contribution in [1.82, 2.24) is 15.2 Å². The average molecular weight is 258 g/mol. The largest absolute Gasteiger partial charge is 0.326 e. The van der Waals surface area contributed by atoms with Gasteiger partial charge in [0, 0.05) is 17.2 Å². The van der Waals surface area contributed by atoms with Gasteiger partial charge in [-0.25, -0.2) is 4.98 Å². The molecule has 0 saturated heterocycles. The highest BCUT2D eigenvalue weighted by atomic mass is 16.1. The molecule has 0 bridgehead atoms. The molecule has 19 heavy (non-hydrogen) atoms. The molecular weight excluding hydrogens is 240 g/mol. The first-order valence-electron chi connectivity index (χ1n) is 6.51. The molecule has 0 saturated carbocycles. The summed E-state index contributed by atoms with van der Waals surface area (Å²) in [6, 6.07) is 7.56. The maximum atomic E-state index is 11.9. The molecule has 0 atom stereocenters. The molecule has 0 spiro atoms. The lowest BCUT2D eigenvalue weighted by molar-refractivity contribution is -0.120. The number of carbonyl (C=O) groups is 1. The fourth-order valence-corrected chi connectivity index (χ4v) is 1.96. The van der Waals surface area contributed by atoms with E-state index >= 15 is 0 Å². The van der Waals surface area contributed by atoms with Crippen molar-refractivity contribution in [2.75, 3.05) is 5.32 Å². The van der Waals surface area contributed by atoms with Crippen molar-refractivity contribution in [1.29, 1.82) is 0 Å². The van der Waals surface area contributed by atoms with Gasteiger partial charge in [-0.15, -0.1) is 0 Å². The Morgan fingerprint density at radius 3 is 2.47 bits per heavy atom. The average Bonchev–Trinajstić information content (AvgIpc) is 2.95. The Morgan fingerprint density at radius 1 is 1.26 bits per heavy atom. The Balaban J connectivity index is 2.05. The summed E-state index contributed by atoms with van der Waals surface area (Å²) in [7, 11) is 0. The van der Waals surface area contributed by atoms with Crippen LogP contribution >= 0.6 is 0 Å². The van der Waals surface area contributed by atoms with Crippen molar-refractivity contribution in [3.63, 3.8) is 0 Å². The lowest BCUT2D eigenvalue weighted by Gasteiger charge is -2.12. The fourth-order valence-electron chi connectivity index (χ4n) is 1.96. The number of H-pyrrole nitrogens is 1. The second-order valence-electron chi connectivity index (χ2n) is 4.41. The van der Waals surface area contributed by atoms with Gasteiger partial charge in [-0.05, 0) is 37.1 Å². The minimum Gasteiger partial charge on any atom is -0.326 e. The Hall–Kier alpha value is -2.17. The van der Waals surface area contributed by atoms with E-state index in [0.29, 0.717) is 0 Å². The second kappa shape index (κ2) is 6.13. The summed E-state index contributed by atoms with van der Waals surface area (Å²) in [5.74, 6) is 0.879. The number of benzene rings is 1. The normalized spacial score (nSPS) is 10.7. The third-order valence-corrected chi connectivity index (χ3v) is 3.20. The van der Waals surface area contributed by atoms with Crippen molar-refractivity contribution >= 4 is 11.6 Å². The molecule has 2 rings (SSSR count). The molecular formula is C14H18N4O. The molecule has 0 aliphatic rings.